The monoisotopic (exact) mass is 236 g/mol. The van der Waals surface area contributed by atoms with Crippen molar-refractivity contribution in [2.75, 3.05) is 18.0 Å². The van der Waals surface area contributed by atoms with Crippen molar-refractivity contribution in [2.24, 2.45) is 0 Å². The Bertz CT molecular complexity index is 435. The fourth-order valence-corrected chi connectivity index (χ4v) is 2.43. The van der Waals surface area contributed by atoms with Gasteiger partial charge in [0.05, 0.1) is 6.04 Å². The molecule has 0 saturated carbocycles. The van der Waals surface area contributed by atoms with Crippen LogP contribution >= 0.6 is 0 Å². The van der Waals surface area contributed by atoms with E-state index in [0.717, 1.165) is 13.0 Å². The summed E-state index contributed by atoms with van der Waals surface area (Å²) in [5, 5.41) is 3.24. The van der Waals surface area contributed by atoms with Gasteiger partial charge in [-0.3, -0.25) is 4.90 Å². The van der Waals surface area contributed by atoms with E-state index < -0.39 is 0 Å². The Kier molecular flexibility index (Phi) is 2.48. The lowest BCUT2D eigenvalue weighted by atomic mass is 10.0. The van der Waals surface area contributed by atoms with Crippen LogP contribution in [0.5, 0.6) is 0 Å². The van der Waals surface area contributed by atoms with E-state index in [0.29, 0.717) is 12.2 Å². The second-order valence-corrected chi connectivity index (χ2v) is 4.33. The second-order valence-electron chi connectivity index (χ2n) is 4.33. The van der Waals surface area contributed by atoms with Gasteiger partial charge in [-0.1, -0.05) is 0 Å². The van der Waals surface area contributed by atoms with Crippen LogP contribution < -0.4 is 10.2 Å². The molecule has 1 aromatic rings. The lowest BCUT2D eigenvalue weighted by Crippen LogP contribution is -2.49. The Morgan fingerprint density at radius 1 is 1.35 bits per heavy atom. The van der Waals surface area contributed by atoms with Crippen LogP contribution in [0.3, 0.4) is 0 Å². The molecule has 3 rings (SSSR count). The molecular formula is C12H13FN2O2. The number of halogens is 1. The molecule has 2 heterocycles. The quantitative estimate of drug-likeness (QED) is 0.803. The zero-order valence-electron chi connectivity index (χ0n) is 9.23. The number of hydrogen-bond donors (Lipinski definition) is 1. The molecule has 2 saturated heterocycles. The van der Waals surface area contributed by atoms with Crippen LogP contribution in [0.1, 0.15) is 6.42 Å². The minimum absolute atomic E-state index is 0.0155. The highest BCUT2D eigenvalue weighted by Crippen LogP contribution is 2.29. The first kappa shape index (κ1) is 10.5. The summed E-state index contributed by atoms with van der Waals surface area (Å²) in [4.78, 5) is 13.4. The lowest BCUT2D eigenvalue weighted by molar-refractivity contribution is 0.117. The van der Waals surface area contributed by atoms with Crippen LogP contribution in [-0.2, 0) is 4.74 Å². The molecule has 4 nitrogen and oxygen atoms in total. The summed E-state index contributed by atoms with van der Waals surface area (Å²) in [6.45, 7) is 1.58. The van der Waals surface area contributed by atoms with Gasteiger partial charge in [-0.15, -0.1) is 0 Å². The number of benzene rings is 1. The number of nitrogens with zero attached hydrogens (tertiary/aromatic N) is 1. The van der Waals surface area contributed by atoms with Crippen LogP contribution in [0.15, 0.2) is 24.3 Å². The molecule has 1 N–H and O–H groups in total. The highest BCUT2D eigenvalue weighted by Gasteiger charge is 2.43. The van der Waals surface area contributed by atoms with Crippen molar-refractivity contribution >= 4 is 11.8 Å². The second kappa shape index (κ2) is 4.00. The molecular weight excluding hydrogens is 223 g/mol. The van der Waals surface area contributed by atoms with Gasteiger partial charge < -0.3 is 10.1 Å². The number of hydrogen-bond acceptors (Lipinski definition) is 3. The van der Waals surface area contributed by atoms with Crippen molar-refractivity contribution in [3.63, 3.8) is 0 Å². The van der Waals surface area contributed by atoms with E-state index in [1.165, 1.54) is 12.1 Å². The number of nitrogens with one attached hydrogen (secondary N) is 1. The average molecular weight is 236 g/mol. The van der Waals surface area contributed by atoms with Crippen molar-refractivity contribution in [2.45, 2.75) is 18.6 Å². The number of rotatable bonds is 1. The first-order valence-corrected chi connectivity index (χ1v) is 5.72. The molecule has 0 radical (unpaired) electrons. The minimum atomic E-state index is -0.338. The third-order valence-corrected chi connectivity index (χ3v) is 3.27. The number of amides is 1. The Morgan fingerprint density at radius 2 is 2.12 bits per heavy atom. The first-order valence-electron chi connectivity index (χ1n) is 5.72. The highest BCUT2D eigenvalue weighted by atomic mass is 19.1. The Morgan fingerprint density at radius 3 is 2.88 bits per heavy atom. The van der Waals surface area contributed by atoms with Crippen molar-refractivity contribution < 1.29 is 13.9 Å². The molecule has 2 aliphatic heterocycles. The summed E-state index contributed by atoms with van der Waals surface area (Å²) < 4.78 is 18.2. The molecule has 1 amide bonds. The van der Waals surface area contributed by atoms with Crippen molar-refractivity contribution in [1.82, 2.24) is 5.32 Å². The zero-order valence-corrected chi connectivity index (χ0v) is 9.23. The summed E-state index contributed by atoms with van der Waals surface area (Å²) >= 11 is 0. The molecule has 2 fully saturated rings. The standard InChI is InChI=1S/C12H13FN2O2/c13-8-1-3-9(4-2-8)15-10-7-14-6-5-11(10)17-12(15)16/h1-4,10-11,14H,5-7H2. The molecule has 0 aromatic heterocycles. The summed E-state index contributed by atoms with van der Waals surface area (Å²) in [5.74, 6) is -0.306. The van der Waals surface area contributed by atoms with Gasteiger partial charge in [0.1, 0.15) is 11.9 Å². The number of ether oxygens (including phenoxy) is 1. The molecule has 0 spiro atoms. The summed E-state index contributed by atoms with van der Waals surface area (Å²) in [7, 11) is 0. The molecule has 0 bridgehead atoms. The van der Waals surface area contributed by atoms with Crippen LogP contribution in [0.4, 0.5) is 14.9 Å². The van der Waals surface area contributed by atoms with Crippen molar-refractivity contribution in [3.8, 4) is 0 Å². The van der Waals surface area contributed by atoms with Crippen LogP contribution in [0.2, 0.25) is 0 Å². The number of fused-ring (bicyclic) bond motifs is 1. The zero-order chi connectivity index (χ0) is 11.8. The Hall–Kier alpha value is -1.62. The van der Waals surface area contributed by atoms with Gasteiger partial charge in [-0.05, 0) is 37.2 Å². The van der Waals surface area contributed by atoms with E-state index in [-0.39, 0.29) is 24.1 Å². The average Bonchev–Trinajstić information content (AvgIpc) is 2.66. The number of piperidine rings is 1. The number of carbonyl (C=O) groups excluding carboxylic acids is 1. The van der Waals surface area contributed by atoms with Crippen molar-refractivity contribution in [1.29, 1.82) is 0 Å². The van der Waals surface area contributed by atoms with E-state index in [1.807, 2.05) is 0 Å². The van der Waals surface area contributed by atoms with E-state index in [4.69, 9.17) is 4.74 Å². The van der Waals surface area contributed by atoms with Crippen molar-refractivity contribution in [3.05, 3.63) is 30.1 Å². The Balaban J connectivity index is 1.90. The highest BCUT2D eigenvalue weighted by molar-refractivity contribution is 5.90. The predicted molar refractivity (Wildman–Crippen MR) is 60.4 cm³/mol. The fraction of sp³-hybridized carbons (Fsp3) is 0.417. The first-order chi connectivity index (χ1) is 8.25. The molecule has 1 aromatic carbocycles. The minimum Gasteiger partial charge on any atom is -0.444 e. The van der Waals surface area contributed by atoms with Gasteiger partial charge >= 0.3 is 6.09 Å². The molecule has 2 aliphatic rings. The molecule has 2 atom stereocenters. The normalized spacial score (nSPS) is 27.8. The van der Waals surface area contributed by atoms with Gasteiger partial charge in [0.25, 0.3) is 0 Å². The van der Waals surface area contributed by atoms with Crippen LogP contribution in [-0.4, -0.2) is 31.3 Å². The van der Waals surface area contributed by atoms with Gasteiger partial charge in [-0.25, -0.2) is 9.18 Å². The van der Waals surface area contributed by atoms with E-state index in [2.05, 4.69) is 5.32 Å². The maximum atomic E-state index is 12.9. The lowest BCUT2D eigenvalue weighted by Gasteiger charge is -2.28. The molecule has 2 unspecified atom stereocenters. The van der Waals surface area contributed by atoms with E-state index >= 15 is 0 Å². The fourth-order valence-electron chi connectivity index (χ4n) is 2.43. The summed E-state index contributed by atoms with van der Waals surface area (Å²) in [6, 6.07) is 5.93. The molecule has 5 heteroatoms. The maximum absolute atomic E-state index is 12.9. The largest absolute Gasteiger partial charge is 0.444 e. The molecule has 0 aliphatic carbocycles. The van der Waals surface area contributed by atoms with E-state index in [9.17, 15) is 9.18 Å². The molecule has 90 valence electrons. The van der Waals surface area contributed by atoms with E-state index in [1.54, 1.807) is 17.0 Å². The Labute approximate surface area is 98.4 Å². The van der Waals surface area contributed by atoms with Gasteiger partial charge in [0, 0.05) is 12.2 Å². The number of carbonyl (C=O) groups is 1. The van der Waals surface area contributed by atoms with Gasteiger partial charge in [-0.2, -0.15) is 0 Å². The third kappa shape index (κ3) is 1.76. The van der Waals surface area contributed by atoms with Crippen LogP contribution in [0.25, 0.3) is 0 Å². The number of anilines is 1. The summed E-state index contributed by atoms with van der Waals surface area (Å²) in [5.41, 5.74) is 0.688. The summed E-state index contributed by atoms with van der Waals surface area (Å²) in [6.07, 6.45) is 0.442. The topological polar surface area (TPSA) is 41.6 Å². The van der Waals surface area contributed by atoms with Gasteiger partial charge in [0.15, 0.2) is 0 Å². The predicted octanol–water partition coefficient (Wildman–Crippen LogP) is 1.51. The third-order valence-electron chi connectivity index (χ3n) is 3.27. The maximum Gasteiger partial charge on any atom is 0.415 e. The van der Waals surface area contributed by atoms with Crippen LogP contribution in [0, 0.1) is 5.82 Å². The smallest absolute Gasteiger partial charge is 0.415 e. The van der Waals surface area contributed by atoms with Gasteiger partial charge in [0.2, 0.25) is 0 Å². The molecule has 17 heavy (non-hydrogen) atoms. The SMILES string of the molecule is O=C1OC2CCNCC2N1c1ccc(F)cc1.